The summed E-state index contributed by atoms with van der Waals surface area (Å²) in [6.07, 6.45) is 6.49. The molecule has 2 spiro atoms. The van der Waals surface area contributed by atoms with E-state index in [0.29, 0.717) is 19.4 Å². The Morgan fingerprint density at radius 1 is 1.00 bits per heavy atom. The molecular weight excluding hydrogens is 508 g/mol. The van der Waals surface area contributed by atoms with Crippen molar-refractivity contribution < 1.29 is 47.5 Å². The second-order valence-corrected chi connectivity index (χ2v) is 12.8. The maximum Gasteiger partial charge on any atom is 0.338 e. The van der Waals surface area contributed by atoms with Gasteiger partial charge in [-0.3, -0.25) is 0 Å². The van der Waals surface area contributed by atoms with Gasteiger partial charge in [0.05, 0.1) is 35.7 Å². The minimum Gasteiger partial charge on any atom is -0.463 e. The summed E-state index contributed by atoms with van der Waals surface area (Å²) in [5, 5.41) is 0. The van der Waals surface area contributed by atoms with Crippen LogP contribution in [0, 0.1) is 10.8 Å². The van der Waals surface area contributed by atoms with E-state index in [2.05, 4.69) is 13.0 Å². The van der Waals surface area contributed by atoms with Gasteiger partial charge in [0, 0.05) is 18.9 Å². The van der Waals surface area contributed by atoms with Crippen molar-refractivity contribution in [3.05, 3.63) is 36.0 Å². The van der Waals surface area contributed by atoms with Crippen LogP contribution in [0.3, 0.4) is 0 Å². The lowest BCUT2D eigenvalue weighted by molar-refractivity contribution is -0.236. The van der Waals surface area contributed by atoms with E-state index < -0.39 is 52.5 Å². The van der Waals surface area contributed by atoms with E-state index in [0.717, 1.165) is 5.57 Å². The van der Waals surface area contributed by atoms with Crippen LogP contribution >= 0.6 is 0 Å². The number of carbonyl (C=O) groups is 2. The van der Waals surface area contributed by atoms with Gasteiger partial charge in [0.15, 0.2) is 12.4 Å². The predicted octanol–water partition coefficient (Wildman–Crippen LogP) is 1.91. The van der Waals surface area contributed by atoms with Crippen LogP contribution in [0.2, 0.25) is 0 Å². The third kappa shape index (κ3) is 3.18. The van der Waals surface area contributed by atoms with E-state index in [1.54, 1.807) is 12.2 Å². The largest absolute Gasteiger partial charge is 0.463 e. The van der Waals surface area contributed by atoms with E-state index in [9.17, 15) is 9.59 Å². The summed E-state index contributed by atoms with van der Waals surface area (Å²) in [6.45, 7) is 8.47. The number of carbonyl (C=O) groups excluding carboxylic acids is 2. The quantitative estimate of drug-likeness (QED) is 0.255. The Balaban J connectivity index is 1.18. The first kappa shape index (κ1) is 24.7. The first-order valence-corrected chi connectivity index (χ1v) is 14.0. The fraction of sp³-hybridized carbons (Fsp3) is 0.724. The van der Waals surface area contributed by atoms with Crippen molar-refractivity contribution in [1.29, 1.82) is 0 Å². The molecule has 210 valence electrons. The lowest BCUT2D eigenvalue weighted by Gasteiger charge is -2.57. The molecule has 6 aliphatic heterocycles. The summed E-state index contributed by atoms with van der Waals surface area (Å²) >= 11 is 0. The van der Waals surface area contributed by atoms with Crippen molar-refractivity contribution in [1.82, 2.24) is 0 Å². The topological polar surface area (TPSA) is 118 Å². The lowest BCUT2D eigenvalue weighted by atomic mass is 9.51. The van der Waals surface area contributed by atoms with Crippen LogP contribution in [0.25, 0.3) is 0 Å². The van der Waals surface area contributed by atoms with Gasteiger partial charge >= 0.3 is 11.9 Å². The Labute approximate surface area is 226 Å². The summed E-state index contributed by atoms with van der Waals surface area (Å²) in [4.78, 5) is 26.5. The third-order valence-corrected chi connectivity index (χ3v) is 10.7. The summed E-state index contributed by atoms with van der Waals surface area (Å²) in [7, 11) is 0. The highest BCUT2D eigenvalue weighted by atomic mass is 16.7. The van der Waals surface area contributed by atoms with Crippen molar-refractivity contribution in [3.8, 4) is 0 Å². The van der Waals surface area contributed by atoms with E-state index in [4.69, 9.17) is 37.9 Å². The molecular formula is C29H34O10. The summed E-state index contributed by atoms with van der Waals surface area (Å²) in [5.41, 5.74) is -1.78. The predicted molar refractivity (Wildman–Crippen MR) is 131 cm³/mol. The molecule has 13 atom stereocenters. The van der Waals surface area contributed by atoms with Gasteiger partial charge in [0.1, 0.15) is 42.2 Å². The van der Waals surface area contributed by atoms with Crippen LogP contribution < -0.4 is 0 Å². The van der Waals surface area contributed by atoms with E-state index in [1.165, 1.54) is 6.08 Å². The summed E-state index contributed by atoms with van der Waals surface area (Å²) in [6, 6.07) is 0. The number of rotatable bonds is 0. The molecule has 1 saturated carbocycles. The van der Waals surface area contributed by atoms with E-state index in [-0.39, 0.29) is 43.2 Å². The Bertz CT molecular complexity index is 1220. The highest BCUT2D eigenvalue weighted by molar-refractivity contribution is 5.82. The molecule has 6 heterocycles. The monoisotopic (exact) mass is 542 g/mol. The van der Waals surface area contributed by atoms with Gasteiger partial charge in [-0.2, -0.15) is 0 Å². The zero-order valence-corrected chi connectivity index (χ0v) is 22.5. The van der Waals surface area contributed by atoms with Crippen molar-refractivity contribution in [2.45, 2.75) is 107 Å². The summed E-state index contributed by atoms with van der Waals surface area (Å²) in [5.74, 6) is -0.893. The first-order valence-electron chi connectivity index (χ1n) is 14.0. The number of allylic oxidation sites excluding steroid dienone is 2. The number of hydrogen-bond acceptors (Lipinski definition) is 10. The Morgan fingerprint density at radius 3 is 2.62 bits per heavy atom. The molecule has 0 N–H and O–H groups in total. The molecule has 10 nitrogen and oxygen atoms in total. The second kappa shape index (κ2) is 7.80. The molecule has 0 aromatic carbocycles. The van der Waals surface area contributed by atoms with E-state index >= 15 is 0 Å². The molecule has 6 fully saturated rings. The Kier molecular flexibility index (Phi) is 4.94. The van der Waals surface area contributed by atoms with Crippen molar-refractivity contribution >= 4 is 11.9 Å². The Hall–Kier alpha value is -2.08. The highest BCUT2D eigenvalue weighted by Crippen LogP contribution is 2.74. The number of ether oxygens (including phenoxy) is 8. The average Bonchev–Trinajstić information content (AvgIpc) is 3.78. The standard InChI is InChI=1S/C29H34O10/c1-14-9-18-28(23-22(14)38-23)12-32-25(31)24-26(3,39-24)11-21-34-15(2)16(35-21)7-5-6-8-20(30)37-17-10-19(36-18)29(13-33-29)27(17,28)4/h5-9,15-19,21-24H,10-13H2,1-4H3. The van der Waals surface area contributed by atoms with Crippen LogP contribution in [0.5, 0.6) is 0 Å². The summed E-state index contributed by atoms with van der Waals surface area (Å²) < 4.78 is 49.2. The number of fused-ring (bicyclic) bond motifs is 4. The number of esters is 2. The van der Waals surface area contributed by atoms with Gasteiger partial charge in [-0.15, -0.1) is 0 Å². The number of epoxide rings is 3. The Morgan fingerprint density at radius 2 is 1.82 bits per heavy atom. The SMILES string of the molecule is CC1=CC2OC3CC4OC(=O)C=CC=CC5OC(CC6(C)OC6C(=O)OCC2(C2OC12)C4(C)C31CO1)OC5C. The van der Waals surface area contributed by atoms with Crippen molar-refractivity contribution in [2.24, 2.45) is 10.8 Å². The average molecular weight is 543 g/mol. The molecule has 0 radical (unpaired) electrons. The van der Waals surface area contributed by atoms with Gasteiger partial charge in [0.2, 0.25) is 0 Å². The molecule has 5 saturated heterocycles. The number of cyclic esters (lactones) is 1. The maximum atomic E-state index is 13.4. The lowest BCUT2D eigenvalue weighted by Crippen LogP contribution is -2.69. The van der Waals surface area contributed by atoms with Crippen LogP contribution in [0.1, 0.15) is 40.5 Å². The molecule has 8 rings (SSSR count). The minimum atomic E-state index is -0.804. The van der Waals surface area contributed by atoms with Crippen LogP contribution in [0.15, 0.2) is 36.0 Å². The second-order valence-electron chi connectivity index (χ2n) is 12.8. The molecule has 8 aliphatic rings. The number of hydrogen-bond donors (Lipinski definition) is 0. The van der Waals surface area contributed by atoms with Crippen LogP contribution in [-0.2, 0) is 47.5 Å². The smallest absolute Gasteiger partial charge is 0.338 e. The molecule has 39 heavy (non-hydrogen) atoms. The van der Waals surface area contributed by atoms with Crippen molar-refractivity contribution in [2.75, 3.05) is 13.2 Å². The van der Waals surface area contributed by atoms with Gasteiger partial charge in [-0.25, -0.2) is 9.59 Å². The molecule has 0 aromatic rings. The van der Waals surface area contributed by atoms with Crippen LogP contribution in [-0.4, -0.2) is 91.5 Å². The molecule has 0 amide bonds. The van der Waals surface area contributed by atoms with Gasteiger partial charge in [0.25, 0.3) is 0 Å². The van der Waals surface area contributed by atoms with Gasteiger partial charge in [-0.1, -0.05) is 31.2 Å². The molecule has 10 heteroatoms. The minimum absolute atomic E-state index is 0.0356. The fourth-order valence-electron chi connectivity index (χ4n) is 8.26. The molecule has 13 unspecified atom stereocenters. The molecule has 4 bridgehead atoms. The maximum absolute atomic E-state index is 13.4. The fourth-order valence-corrected chi connectivity index (χ4v) is 8.26. The highest BCUT2D eigenvalue weighted by Gasteiger charge is 2.87. The zero-order chi connectivity index (χ0) is 26.9. The van der Waals surface area contributed by atoms with Gasteiger partial charge < -0.3 is 37.9 Å². The van der Waals surface area contributed by atoms with Gasteiger partial charge in [-0.05, 0) is 26.3 Å². The normalized spacial score (nSPS) is 56.8. The van der Waals surface area contributed by atoms with E-state index in [1.807, 2.05) is 26.8 Å². The third-order valence-electron chi connectivity index (χ3n) is 10.7. The zero-order valence-electron chi connectivity index (χ0n) is 22.5. The first-order chi connectivity index (χ1) is 18.6. The molecule has 0 aromatic heterocycles. The molecule has 2 aliphatic carbocycles. The van der Waals surface area contributed by atoms with Crippen molar-refractivity contribution in [3.63, 3.8) is 0 Å². The van der Waals surface area contributed by atoms with Crippen LogP contribution in [0.4, 0.5) is 0 Å².